The third-order valence-electron chi connectivity index (χ3n) is 0.639. The van der Waals surface area contributed by atoms with Gasteiger partial charge in [0, 0.05) is 0 Å². The molecule has 0 unspecified atom stereocenters. The highest BCUT2D eigenvalue weighted by molar-refractivity contribution is 7.86. The van der Waals surface area contributed by atoms with Gasteiger partial charge in [0.25, 0.3) is 20.2 Å². The van der Waals surface area contributed by atoms with Crippen LogP contribution in [0.5, 0.6) is 0 Å². The van der Waals surface area contributed by atoms with E-state index in [-0.39, 0.29) is 0 Å². The molecule has 0 heterocycles. The van der Waals surface area contributed by atoms with Crippen molar-refractivity contribution < 1.29 is 25.6 Å². The lowest BCUT2D eigenvalue weighted by Crippen LogP contribution is -2.13. The lowest BCUT2D eigenvalue weighted by molar-refractivity contribution is 0.338. The van der Waals surface area contributed by atoms with Gasteiger partial charge >= 0.3 is 0 Å². The van der Waals surface area contributed by atoms with Gasteiger partial charge in [-0.05, 0) is 0 Å². The van der Waals surface area contributed by atoms with E-state index in [4.69, 9.17) is 4.55 Å². The summed E-state index contributed by atoms with van der Waals surface area (Å²) in [5.41, 5.74) is 0. The summed E-state index contributed by atoms with van der Waals surface area (Å²) >= 11 is 0. The van der Waals surface area contributed by atoms with E-state index in [1.165, 1.54) is 0 Å². The minimum atomic E-state index is -4.14. The lowest BCUT2D eigenvalue weighted by Gasteiger charge is -1.97. The summed E-state index contributed by atoms with van der Waals surface area (Å²) < 4.78 is 52.6. The topological polar surface area (TPSA) is 97.7 Å². The first-order valence-electron chi connectivity index (χ1n) is 2.50. The molecule has 0 atom stereocenters. The van der Waals surface area contributed by atoms with Crippen molar-refractivity contribution in [2.75, 3.05) is 18.6 Å². The summed E-state index contributed by atoms with van der Waals surface area (Å²) in [6.07, 6.45) is 0.789. The molecule has 0 aromatic heterocycles. The van der Waals surface area contributed by atoms with Crippen LogP contribution in [0.15, 0.2) is 0 Å². The molecule has 0 aliphatic carbocycles. The van der Waals surface area contributed by atoms with Crippen LogP contribution in [0.1, 0.15) is 0 Å². The average Bonchev–Trinajstić information content (AvgIpc) is 1.55. The standard InChI is InChI=1S/C3H8O6S2/c1-10(4,5)9-2-3-11(6,7)8/h2-3H2,1H3,(H,6,7,8). The van der Waals surface area contributed by atoms with E-state index < -0.39 is 32.6 Å². The van der Waals surface area contributed by atoms with Crippen molar-refractivity contribution in [1.29, 1.82) is 0 Å². The SMILES string of the molecule is CS(=O)(=O)OCCS(=O)(=O)O. The molecule has 0 radical (unpaired) electrons. The van der Waals surface area contributed by atoms with Crippen molar-refractivity contribution in [2.45, 2.75) is 0 Å². The highest BCUT2D eigenvalue weighted by atomic mass is 32.2. The van der Waals surface area contributed by atoms with Crippen molar-refractivity contribution >= 4 is 20.2 Å². The number of hydrogen-bond donors (Lipinski definition) is 1. The third-order valence-corrected chi connectivity index (χ3v) is 1.92. The van der Waals surface area contributed by atoms with Crippen LogP contribution in [0.4, 0.5) is 0 Å². The molecule has 0 aliphatic heterocycles. The molecule has 6 nitrogen and oxygen atoms in total. The zero-order valence-electron chi connectivity index (χ0n) is 5.72. The summed E-state index contributed by atoms with van der Waals surface area (Å²) in [6.45, 7) is -0.558. The molecule has 0 aromatic rings. The maximum Gasteiger partial charge on any atom is 0.267 e. The lowest BCUT2D eigenvalue weighted by atomic mass is 10.9. The molecule has 0 saturated heterocycles. The van der Waals surface area contributed by atoms with Crippen molar-refractivity contribution in [1.82, 2.24) is 0 Å². The summed E-state index contributed by atoms with van der Waals surface area (Å²) in [5, 5.41) is 0. The summed E-state index contributed by atoms with van der Waals surface area (Å²) in [4.78, 5) is 0. The van der Waals surface area contributed by atoms with Gasteiger partial charge < -0.3 is 0 Å². The van der Waals surface area contributed by atoms with Gasteiger partial charge in [0.05, 0.1) is 12.9 Å². The molecule has 11 heavy (non-hydrogen) atoms. The fourth-order valence-electron chi connectivity index (χ4n) is 0.291. The Labute approximate surface area is 65.0 Å². The largest absolute Gasteiger partial charge is 0.285 e. The van der Waals surface area contributed by atoms with Gasteiger partial charge in [-0.25, -0.2) is 0 Å². The molecular weight excluding hydrogens is 196 g/mol. The van der Waals surface area contributed by atoms with Crippen molar-refractivity contribution in [2.24, 2.45) is 0 Å². The summed E-state index contributed by atoms with van der Waals surface area (Å²) in [7, 11) is -7.76. The van der Waals surface area contributed by atoms with E-state index in [1.54, 1.807) is 0 Å². The van der Waals surface area contributed by atoms with Gasteiger partial charge in [0.2, 0.25) is 0 Å². The molecule has 0 fully saturated rings. The van der Waals surface area contributed by atoms with Crippen LogP contribution < -0.4 is 0 Å². The van der Waals surface area contributed by atoms with Crippen LogP contribution in [0, 0.1) is 0 Å². The minimum absolute atomic E-state index is 0.558. The van der Waals surface area contributed by atoms with Gasteiger partial charge in [-0.1, -0.05) is 0 Å². The second-order valence-corrected chi connectivity index (χ2v) is 5.03. The van der Waals surface area contributed by atoms with Crippen LogP contribution in [0.2, 0.25) is 0 Å². The monoisotopic (exact) mass is 204 g/mol. The smallest absolute Gasteiger partial charge is 0.267 e. The highest BCUT2D eigenvalue weighted by Gasteiger charge is 2.07. The van der Waals surface area contributed by atoms with Gasteiger partial charge in [0.1, 0.15) is 5.75 Å². The van der Waals surface area contributed by atoms with Gasteiger partial charge in [-0.15, -0.1) is 0 Å². The molecule has 0 aromatic carbocycles. The summed E-state index contributed by atoms with van der Waals surface area (Å²) in [5.74, 6) is -0.722. The van der Waals surface area contributed by atoms with Crippen molar-refractivity contribution in [3.05, 3.63) is 0 Å². The van der Waals surface area contributed by atoms with Crippen LogP contribution in [-0.4, -0.2) is 40.0 Å². The molecule has 0 amide bonds. The maximum atomic E-state index is 10.2. The second kappa shape index (κ2) is 3.48. The molecule has 0 spiro atoms. The molecule has 68 valence electrons. The van der Waals surface area contributed by atoms with Gasteiger partial charge in [-0.3, -0.25) is 8.74 Å². The maximum absolute atomic E-state index is 10.2. The predicted molar refractivity (Wildman–Crippen MR) is 37.2 cm³/mol. The van der Waals surface area contributed by atoms with E-state index >= 15 is 0 Å². The fourth-order valence-corrected chi connectivity index (χ4v) is 1.08. The molecule has 0 bridgehead atoms. The normalized spacial score (nSPS) is 13.3. The second-order valence-electron chi connectivity index (χ2n) is 1.81. The average molecular weight is 204 g/mol. The Morgan fingerprint density at radius 1 is 1.27 bits per heavy atom. The first-order chi connectivity index (χ1) is 4.71. The van der Waals surface area contributed by atoms with E-state index in [0.717, 1.165) is 6.26 Å². The summed E-state index contributed by atoms with van der Waals surface area (Å²) in [6, 6.07) is 0. The van der Waals surface area contributed by atoms with E-state index in [2.05, 4.69) is 4.18 Å². The highest BCUT2D eigenvalue weighted by Crippen LogP contribution is 1.88. The van der Waals surface area contributed by atoms with Gasteiger partial charge in [0.15, 0.2) is 0 Å². The Morgan fingerprint density at radius 2 is 1.73 bits per heavy atom. The van der Waals surface area contributed by atoms with Crippen LogP contribution in [0.25, 0.3) is 0 Å². The number of rotatable bonds is 4. The molecular formula is C3H8O6S2. The quantitative estimate of drug-likeness (QED) is 0.458. The van der Waals surface area contributed by atoms with E-state index in [0.29, 0.717) is 0 Å². The Balaban J connectivity index is 3.79. The Kier molecular flexibility index (Phi) is 3.42. The van der Waals surface area contributed by atoms with E-state index in [9.17, 15) is 16.8 Å². The van der Waals surface area contributed by atoms with Crippen molar-refractivity contribution in [3.63, 3.8) is 0 Å². The van der Waals surface area contributed by atoms with Crippen LogP contribution >= 0.6 is 0 Å². The van der Waals surface area contributed by atoms with Crippen LogP contribution in [0.3, 0.4) is 0 Å². The zero-order valence-corrected chi connectivity index (χ0v) is 7.35. The molecule has 8 heteroatoms. The predicted octanol–water partition coefficient (Wildman–Crippen LogP) is -1.15. The molecule has 1 N–H and O–H groups in total. The van der Waals surface area contributed by atoms with Crippen molar-refractivity contribution in [3.8, 4) is 0 Å². The molecule has 0 aliphatic rings. The van der Waals surface area contributed by atoms with Crippen LogP contribution in [-0.2, 0) is 24.4 Å². The first-order valence-corrected chi connectivity index (χ1v) is 5.93. The Morgan fingerprint density at radius 3 is 2.00 bits per heavy atom. The minimum Gasteiger partial charge on any atom is -0.285 e. The fraction of sp³-hybridized carbons (Fsp3) is 1.00. The Hall–Kier alpha value is -0.180. The molecule has 0 rings (SSSR count). The zero-order chi connectivity index (χ0) is 9.12. The van der Waals surface area contributed by atoms with Gasteiger partial charge in [-0.2, -0.15) is 16.8 Å². The third kappa shape index (κ3) is 9.82. The first kappa shape index (κ1) is 10.8. The van der Waals surface area contributed by atoms with E-state index in [1.807, 2.05) is 0 Å². The number of hydrogen-bond acceptors (Lipinski definition) is 5. The molecule has 0 saturated carbocycles. The Bertz CT molecular complexity index is 265.